The number of methoxy groups -OCH3 is 2. The molecule has 0 unspecified atom stereocenters. The zero-order chi connectivity index (χ0) is 16.5. The average Bonchev–Trinajstić information content (AvgIpc) is 2.50. The number of esters is 2. The Kier molecular flexibility index (Phi) is 4.16. The summed E-state index contributed by atoms with van der Waals surface area (Å²) >= 11 is 0. The van der Waals surface area contributed by atoms with Gasteiger partial charge in [0.05, 0.1) is 25.3 Å². The Hall–Kier alpha value is -2.45. The van der Waals surface area contributed by atoms with Crippen LogP contribution in [0.2, 0.25) is 0 Å². The molecule has 0 amide bonds. The van der Waals surface area contributed by atoms with Crippen molar-refractivity contribution in [3.05, 3.63) is 41.5 Å². The summed E-state index contributed by atoms with van der Waals surface area (Å²) in [4.78, 5) is 23.1. The summed E-state index contributed by atoms with van der Waals surface area (Å²) in [5.41, 5.74) is -0.424. The zero-order valence-corrected chi connectivity index (χ0v) is 12.5. The lowest BCUT2D eigenvalue weighted by Gasteiger charge is -2.12. The van der Waals surface area contributed by atoms with Crippen molar-refractivity contribution in [1.29, 1.82) is 0 Å². The van der Waals surface area contributed by atoms with E-state index in [1.807, 2.05) is 0 Å². The molecular formula is C14H12O7S. The predicted octanol–water partition coefficient (Wildman–Crippen LogP) is 1.66. The molecule has 22 heavy (non-hydrogen) atoms. The second-order valence-corrected chi connectivity index (χ2v) is 5.69. The summed E-state index contributed by atoms with van der Waals surface area (Å²) < 4.78 is 41.7. The van der Waals surface area contributed by atoms with E-state index < -0.39 is 27.0 Å². The summed E-state index contributed by atoms with van der Waals surface area (Å²) in [6.07, 6.45) is 0. The minimum atomic E-state index is -4.75. The van der Waals surface area contributed by atoms with E-state index in [0.29, 0.717) is 5.39 Å². The fourth-order valence-electron chi connectivity index (χ4n) is 2.14. The molecule has 0 spiro atoms. The molecule has 1 N–H and O–H groups in total. The molecule has 0 aliphatic carbocycles. The molecule has 0 atom stereocenters. The Bertz CT molecular complexity index is 868. The highest BCUT2D eigenvalue weighted by atomic mass is 32.2. The number of carbonyl (C=O) groups is 2. The molecule has 0 aliphatic rings. The fraction of sp³-hybridized carbons (Fsp3) is 0.143. The first kappa shape index (κ1) is 15.9. The van der Waals surface area contributed by atoms with Crippen LogP contribution in [0.25, 0.3) is 10.8 Å². The Morgan fingerprint density at radius 3 is 2.05 bits per heavy atom. The molecule has 0 aliphatic heterocycles. The summed E-state index contributed by atoms with van der Waals surface area (Å²) in [6.45, 7) is 0. The first-order valence-corrected chi connectivity index (χ1v) is 7.45. The summed E-state index contributed by atoms with van der Waals surface area (Å²) in [5.74, 6) is -1.74. The quantitative estimate of drug-likeness (QED) is 0.675. The van der Waals surface area contributed by atoms with E-state index >= 15 is 0 Å². The van der Waals surface area contributed by atoms with Crippen LogP contribution in [0.15, 0.2) is 35.2 Å². The standard InChI is InChI=1S/C14H12O7S/c1-20-13(15)10-7-11(22(17,18)19)12(14(16)21-2)9-6-4-3-5-8(9)10/h3-7H,1-2H3,(H,17,18,19). The van der Waals surface area contributed by atoms with Crippen molar-refractivity contribution < 1.29 is 32.0 Å². The molecule has 0 saturated carbocycles. The van der Waals surface area contributed by atoms with Gasteiger partial charge in [-0.3, -0.25) is 4.55 Å². The lowest BCUT2D eigenvalue weighted by Crippen LogP contribution is -2.14. The molecule has 0 fully saturated rings. The molecule has 2 aromatic carbocycles. The largest absolute Gasteiger partial charge is 0.465 e. The third-order valence-corrected chi connectivity index (χ3v) is 3.96. The molecule has 0 heterocycles. The smallest absolute Gasteiger partial charge is 0.339 e. The minimum absolute atomic E-state index is 0.0848. The van der Waals surface area contributed by atoms with Gasteiger partial charge in [0.15, 0.2) is 0 Å². The van der Waals surface area contributed by atoms with Crippen molar-refractivity contribution in [3.8, 4) is 0 Å². The van der Waals surface area contributed by atoms with Gasteiger partial charge in [-0.25, -0.2) is 9.59 Å². The summed E-state index contributed by atoms with van der Waals surface area (Å²) in [5, 5.41) is 0.465. The highest BCUT2D eigenvalue weighted by molar-refractivity contribution is 7.86. The van der Waals surface area contributed by atoms with E-state index in [2.05, 4.69) is 9.47 Å². The zero-order valence-electron chi connectivity index (χ0n) is 11.7. The van der Waals surface area contributed by atoms with E-state index in [-0.39, 0.29) is 16.5 Å². The molecular weight excluding hydrogens is 312 g/mol. The van der Waals surface area contributed by atoms with Crippen molar-refractivity contribution in [3.63, 3.8) is 0 Å². The Balaban J connectivity index is 3.04. The van der Waals surface area contributed by atoms with Gasteiger partial charge in [-0.05, 0) is 16.8 Å². The van der Waals surface area contributed by atoms with Crippen LogP contribution in [0.3, 0.4) is 0 Å². The number of benzene rings is 2. The molecule has 116 valence electrons. The first-order valence-electron chi connectivity index (χ1n) is 6.01. The van der Waals surface area contributed by atoms with Crippen LogP contribution in [0.4, 0.5) is 0 Å². The SMILES string of the molecule is COC(=O)c1cc(S(=O)(=O)O)c(C(=O)OC)c2ccccc12. The van der Waals surface area contributed by atoms with Crippen LogP contribution in [-0.2, 0) is 19.6 Å². The van der Waals surface area contributed by atoms with Gasteiger partial charge in [-0.1, -0.05) is 24.3 Å². The van der Waals surface area contributed by atoms with Crippen LogP contribution in [0, 0.1) is 0 Å². The molecule has 2 aromatic rings. The van der Waals surface area contributed by atoms with Gasteiger partial charge in [0, 0.05) is 0 Å². The maximum Gasteiger partial charge on any atom is 0.339 e. The number of ether oxygens (including phenoxy) is 2. The maximum absolute atomic E-state index is 11.9. The molecule has 0 aromatic heterocycles. The maximum atomic E-state index is 11.9. The van der Waals surface area contributed by atoms with Crippen molar-refractivity contribution in [2.75, 3.05) is 14.2 Å². The molecule has 2 rings (SSSR count). The highest BCUT2D eigenvalue weighted by Gasteiger charge is 2.27. The third kappa shape index (κ3) is 2.66. The van der Waals surface area contributed by atoms with Gasteiger partial charge < -0.3 is 9.47 Å². The van der Waals surface area contributed by atoms with Gasteiger partial charge >= 0.3 is 11.9 Å². The van der Waals surface area contributed by atoms with Crippen LogP contribution in [-0.4, -0.2) is 39.1 Å². The second-order valence-electron chi connectivity index (χ2n) is 4.30. The van der Waals surface area contributed by atoms with Crippen molar-refractivity contribution >= 4 is 32.8 Å². The number of fused-ring (bicyclic) bond motifs is 1. The van der Waals surface area contributed by atoms with E-state index in [0.717, 1.165) is 20.3 Å². The lowest BCUT2D eigenvalue weighted by molar-refractivity contribution is 0.0586. The van der Waals surface area contributed by atoms with Gasteiger partial charge in [0.25, 0.3) is 10.1 Å². The fourth-order valence-corrected chi connectivity index (χ4v) is 2.86. The lowest BCUT2D eigenvalue weighted by atomic mass is 9.99. The Labute approximate surface area is 126 Å². The van der Waals surface area contributed by atoms with Crippen LogP contribution < -0.4 is 0 Å². The predicted molar refractivity (Wildman–Crippen MR) is 76.4 cm³/mol. The monoisotopic (exact) mass is 324 g/mol. The Morgan fingerprint density at radius 1 is 1.00 bits per heavy atom. The summed E-state index contributed by atoms with van der Waals surface area (Å²) in [7, 11) is -2.53. The van der Waals surface area contributed by atoms with Crippen LogP contribution in [0.1, 0.15) is 20.7 Å². The van der Waals surface area contributed by atoms with Crippen molar-refractivity contribution in [2.45, 2.75) is 4.90 Å². The van der Waals surface area contributed by atoms with Gasteiger partial charge in [0.2, 0.25) is 0 Å². The molecule has 0 bridgehead atoms. The molecule has 7 nitrogen and oxygen atoms in total. The number of hydrogen-bond acceptors (Lipinski definition) is 6. The highest BCUT2D eigenvalue weighted by Crippen LogP contribution is 2.30. The van der Waals surface area contributed by atoms with E-state index in [1.54, 1.807) is 12.1 Å². The molecule has 0 radical (unpaired) electrons. The molecule has 0 saturated heterocycles. The number of rotatable bonds is 3. The van der Waals surface area contributed by atoms with Gasteiger partial charge in [0.1, 0.15) is 4.90 Å². The van der Waals surface area contributed by atoms with Crippen molar-refractivity contribution in [1.82, 2.24) is 0 Å². The minimum Gasteiger partial charge on any atom is -0.465 e. The van der Waals surface area contributed by atoms with E-state index in [4.69, 9.17) is 0 Å². The van der Waals surface area contributed by atoms with E-state index in [1.165, 1.54) is 12.1 Å². The number of hydrogen-bond donors (Lipinski definition) is 1. The van der Waals surface area contributed by atoms with Crippen LogP contribution >= 0.6 is 0 Å². The average molecular weight is 324 g/mol. The third-order valence-electron chi connectivity index (χ3n) is 3.08. The van der Waals surface area contributed by atoms with Crippen LogP contribution in [0.5, 0.6) is 0 Å². The van der Waals surface area contributed by atoms with E-state index in [9.17, 15) is 22.6 Å². The second kappa shape index (κ2) is 5.74. The number of carbonyl (C=O) groups excluding carboxylic acids is 2. The van der Waals surface area contributed by atoms with Gasteiger partial charge in [-0.2, -0.15) is 8.42 Å². The van der Waals surface area contributed by atoms with Crippen molar-refractivity contribution in [2.24, 2.45) is 0 Å². The molecule has 8 heteroatoms. The first-order chi connectivity index (χ1) is 10.3. The summed E-state index contributed by atoms with van der Waals surface area (Å²) in [6, 6.07) is 7.05. The topological polar surface area (TPSA) is 107 Å². The normalized spacial score (nSPS) is 11.2. The Morgan fingerprint density at radius 2 is 1.55 bits per heavy atom. The van der Waals surface area contributed by atoms with Gasteiger partial charge in [-0.15, -0.1) is 0 Å².